The van der Waals surface area contributed by atoms with E-state index in [0.29, 0.717) is 12.1 Å². The van der Waals surface area contributed by atoms with E-state index in [1.165, 1.54) is 77.0 Å². The molecule has 0 unspecified atom stereocenters. The highest BCUT2D eigenvalue weighted by molar-refractivity contribution is 5.84. The minimum absolute atomic E-state index is 0.211. The number of benzene rings is 2. The fourth-order valence-electron chi connectivity index (χ4n) is 4.21. The quantitative estimate of drug-likeness (QED) is 0.144. The molecule has 3 heteroatoms. The molecular weight excluding hydrogens is 382 g/mol. The molecule has 0 atom stereocenters. The first-order valence-electron chi connectivity index (χ1n) is 12.5. The van der Waals surface area contributed by atoms with Crippen molar-refractivity contribution in [1.82, 2.24) is 0 Å². The van der Waals surface area contributed by atoms with Gasteiger partial charge in [0.15, 0.2) is 0 Å². The number of nitrogens with zero attached hydrogens (tertiary/aromatic N) is 1. The Balaban J connectivity index is 1.57. The van der Waals surface area contributed by atoms with E-state index < -0.39 is 0 Å². The van der Waals surface area contributed by atoms with Crippen LogP contribution in [-0.2, 0) is 0 Å². The van der Waals surface area contributed by atoms with Crippen LogP contribution in [0.4, 0.5) is 0 Å². The Hall–Kier alpha value is -2.16. The summed E-state index contributed by atoms with van der Waals surface area (Å²) < 4.78 is 0. The third kappa shape index (κ3) is 10.6. The van der Waals surface area contributed by atoms with Crippen LogP contribution in [0.15, 0.2) is 48.2 Å². The van der Waals surface area contributed by atoms with Crippen molar-refractivity contribution in [1.29, 1.82) is 0 Å². The van der Waals surface area contributed by atoms with Crippen LogP contribution in [-0.4, -0.2) is 4.92 Å². The molecule has 0 radical (unpaired) electrons. The van der Waals surface area contributed by atoms with Gasteiger partial charge in [-0.2, -0.15) is 0 Å². The van der Waals surface area contributed by atoms with Crippen LogP contribution in [0.25, 0.3) is 16.8 Å². The molecule has 0 saturated heterocycles. The molecule has 170 valence electrons. The van der Waals surface area contributed by atoms with Crippen molar-refractivity contribution in [3.05, 3.63) is 63.8 Å². The predicted molar refractivity (Wildman–Crippen MR) is 134 cm³/mol. The number of allylic oxidation sites excluding steroid dienone is 1. The number of hydrogen-bond acceptors (Lipinski definition) is 2. The van der Waals surface area contributed by atoms with Crippen LogP contribution >= 0.6 is 0 Å². The second kappa shape index (κ2) is 15.6. The van der Waals surface area contributed by atoms with Gasteiger partial charge in [0.25, 0.3) is 0 Å². The van der Waals surface area contributed by atoms with Gasteiger partial charge in [-0.15, -0.1) is 0 Å². The third-order valence-corrected chi connectivity index (χ3v) is 6.13. The molecule has 0 fully saturated rings. The van der Waals surface area contributed by atoms with E-state index in [2.05, 4.69) is 13.0 Å². The van der Waals surface area contributed by atoms with E-state index in [1.807, 2.05) is 36.4 Å². The van der Waals surface area contributed by atoms with E-state index in [0.717, 1.165) is 29.2 Å². The zero-order chi connectivity index (χ0) is 22.2. The van der Waals surface area contributed by atoms with Crippen molar-refractivity contribution < 1.29 is 4.92 Å². The van der Waals surface area contributed by atoms with Crippen LogP contribution in [0, 0.1) is 10.1 Å². The summed E-state index contributed by atoms with van der Waals surface area (Å²) in [7, 11) is 0. The van der Waals surface area contributed by atoms with Crippen LogP contribution in [0.5, 0.6) is 0 Å². The van der Waals surface area contributed by atoms with Gasteiger partial charge in [0.05, 0.1) is 4.92 Å². The van der Waals surface area contributed by atoms with Gasteiger partial charge in [-0.25, -0.2) is 0 Å². The first-order valence-corrected chi connectivity index (χ1v) is 12.5. The largest absolute Gasteiger partial charge is 0.259 e. The Labute approximate surface area is 189 Å². The van der Waals surface area contributed by atoms with Crippen LogP contribution < -0.4 is 0 Å². The lowest BCUT2D eigenvalue weighted by molar-refractivity contribution is -0.426. The molecule has 2 aromatic rings. The number of nitro groups is 1. The number of hydrogen-bond donors (Lipinski definition) is 0. The Bertz CT molecular complexity index is 796. The molecule has 0 spiro atoms. The maximum Gasteiger partial charge on any atom is 0.246 e. The summed E-state index contributed by atoms with van der Waals surface area (Å²) in [4.78, 5) is 11.3. The lowest BCUT2D eigenvalue weighted by Crippen LogP contribution is -1.99. The smallest absolute Gasteiger partial charge is 0.246 e. The molecule has 0 bridgehead atoms. The maximum atomic E-state index is 11.5. The van der Waals surface area contributed by atoms with Gasteiger partial charge >= 0.3 is 0 Å². The number of rotatable bonds is 17. The van der Waals surface area contributed by atoms with Crippen molar-refractivity contribution >= 4 is 16.8 Å². The standard InChI is InChI=1S/C28H41NO2/c1-2-3-4-5-6-7-8-9-10-11-12-13-14-15-20-28(29(30)31)24-25-21-22-26-18-16-17-19-27(26)23-25/h16-19,21-24H,2-15,20H2,1H3. The summed E-state index contributed by atoms with van der Waals surface area (Å²) in [6.45, 7) is 2.27. The molecule has 2 rings (SSSR count). The van der Waals surface area contributed by atoms with Crippen LogP contribution in [0.1, 0.15) is 109 Å². The highest BCUT2D eigenvalue weighted by atomic mass is 16.6. The van der Waals surface area contributed by atoms with Crippen molar-refractivity contribution in [3.63, 3.8) is 0 Å². The first-order chi connectivity index (χ1) is 15.2. The monoisotopic (exact) mass is 423 g/mol. The molecular formula is C28H41NO2. The van der Waals surface area contributed by atoms with Crippen LogP contribution in [0.3, 0.4) is 0 Å². The third-order valence-electron chi connectivity index (χ3n) is 6.13. The van der Waals surface area contributed by atoms with E-state index >= 15 is 0 Å². The van der Waals surface area contributed by atoms with Crippen molar-refractivity contribution in [3.8, 4) is 0 Å². The van der Waals surface area contributed by atoms with E-state index in [9.17, 15) is 10.1 Å². The van der Waals surface area contributed by atoms with Gasteiger partial charge in [-0.1, -0.05) is 127 Å². The molecule has 0 aliphatic carbocycles. The Morgan fingerprint density at radius 3 is 1.81 bits per heavy atom. The lowest BCUT2D eigenvalue weighted by Gasteiger charge is -2.04. The molecule has 0 saturated carbocycles. The lowest BCUT2D eigenvalue weighted by atomic mass is 10.0. The molecule has 0 heterocycles. The van der Waals surface area contributed by atoms with Gasteiger partial charge in [0.1, 0.15) is 0 Å². The second-order valence-electron chi connectivity index (χ2n) is 8.85. The summed E-state index contributed by atoms with van der Waals surface area (Å²) in [5, 5.41) is 13.8. The van der Waals surface area contributed by atoms with E-state index in [-0.39, 0.29) is 4.92 Å². The van der Waals surface area contributed by atoms with E-state index in [1.54, 1.807) is 6.08 Å². The normalized spacial score (nSPS) is 11.8. The zero-order valence-electron chi connectivity index (χ0n) is 19.5. The summed E-state index contributed by atoms with van der Waals surface area (Å²) in [5.74, 6) is 0. The molecule has 2 aromatic carbocycles. The Morgan fingerprint density at radius 2 is 1.26 bits per heavy atom. The van der Waals surface area contributed by atoms with Crippen molar-refractivity contribution in [2.24, 2.45) is 0 Å². The van der Waals surface area contributed by atoms with Gasteiger partial charge in [-0.05, 0) is 28.8 Å². The Morgan fingerprint density at radius 1 is 0.742 bits per heavy atom. The topological polar surface area (TPSA) is 43.1 Å². The summed E-state index contributed by atoms with van der Waals surface area (Å²) in [5.41, 5.74) is 1.24. The van der Waals surface area contributed by atoms with Crippen LogP contribution in [0.2, 0.25) is 0 Å². The fourth-order valence-corrected chi connectivity index (χ4v) is 4.21. The number of unbranched alkanes of at least 4 members (excludes halogenated alkanes) is 13. The van der Waals surface area contributed by atoms with Crippen molar-refractivity contribution in [2.75, 3.05) is 0 Å². The molecule has 0 aliphatic heterocycles. The number of fused-ring (bicyclic) bond motifs is 1. The van der Waals surface area contributed by atoms with Crippen molar-refractivity contribution in [2.45, 2.75) is 103 Å². The summed E-state index contributed by atoms with van der Waals surface area (Å²) in [6.07, 6.45) is 20.5. The predicted octanol–water partition coefficient (Wildman–Crippen LogP) is 9.33. The highest BCUT2D eigenvalue weighted by Crippen LogP contribution is 2.20. The molecule has 0 N–H and O–H groups in total. The molecule has 0 aromatic heterocycles. The molecule has 3 nitrogen and oxygen atoms in total. The minimum atomic E-state index is -0.211. The Kier molecular flexibility index (Phi) is 12.6. The van der Waals surface area contributed by atoms with Gasteiger partial charge in [0.2, 0.25) is 5.70 Å². The highest BCUT2D eigenvalue weighted by Gasteiger charge is 2.10. The van der Waals surface area contributed by atoms with Gasteiger partial charge in [0, 0.05) is 12.5 Å². The second-order valence-corrected chi connectivity index (χ2v) is 8.85. The van der Waals surface area contributed by atoms with E-state index in [4.69, 9.17) is 0 Å². The first kappa shape index (κ1) is 25.1. The SMILES string of the molecule is CCCCCCCCCCCCCCCCC(=Cc1ccc2ccccc2c1)[N+](=O)[O-]. The molecule has 31 heavy (non-hydrogen) atoms. The average Bonchev–Trinajstić information content (AvgIpc) is 2.78. The van der Waals surface area contributed by atoms with Gasteiger partial charge in [-0.3, -0.25) is 10.1 Å². The maximum absolute atomic E-state index is 11.5. The van der Waals surface area contributed by atoms with Gasteiger partial charge < -0.3 is 0 Å². The molecule has 0 amide bonds. The average molecular weight is 424 g/mol. The summed E-state index contributed by atoms with van der Waals surface area (Å²) in [6, 6.07) is 14.2. The minimum Gasteiger partial charge on any atom is -0.259 e. The zero-order valence-corrected chi connectivity index (χ0v) is 19.5. The molecule has 0 aliphatic rings. The fraction of sp³-hybridized carbons (Fsp3) is 0.571. The summed E-state index contributed by atoms with van der Waals surface area (Å²) >= 11 is 0.